The van der Waals surface area contributed by atoms with Crippen molar-refractivity contribution in [3.63, 3.8) is 0 Å². The first-order valence-corrected chi connectivity index (χ1v) is 6.64. The van der Waals surface area contributed by atoms with Gasteiger partial charge in [0.2, 0.25) is 0 Å². The first kappa shape index (κ1) is 12.5. The molecule has 3 heteroatoms. The Morgan fingerprint density at radius 3 is 2.71 bits per heavy atom. The summed E-state index contributed by atoms with van der Waals surface area (Å²) in [6.45, 7) is 4.37. The van der Waals surface area contributed by atoms with E-state index in [0.717, 1.165) is 10.9 Å². The number of hydrogen-bond donors (Lipinski definition) is 1. The lowest BCUT2D eigenvalue weighted by atomic mass is 9.93. The van der Waals surface area contributed by atoms with Crippen molar-refractivity contribution in [3.8, 4) is 0 Å². The summed E-state index contributed by atoms with van der Waals surface area (Å²) in [6.07, 6.45) is 1.11. The van der Waals surface area contributed by atoms with Gasteiger partial charge < -0.3 is 5.73 Å². The van der Waals surface area contributed by atoms with Crippen LogP contribution < -0.4 is 5.73 Å². The van der Waals surface area contributed by atoms with Crippen LogP contribution in [0.4, 0.5) is 0 Å². The van der Waals surface area contributed by atoms with Crippen LogP contribution in [0.1, 0.15) is 31.9 Å². The van der Waals surface area contributed by atoms with Gasteiger partial charge in [-0.25, -0.2) is 0 Å². The van der Waals surface area contributed by atoms with Crippen molar-refractivity contribution in [1.29, 1.82) is 0 Å². The van der Waals surface area contributed by atoms with Gasteiger partial charge in [0.05, 0.1) is 0 Å². The van der Waals surface area contributed by atoms with E-state index in [-0.39, 0.29) is 6.04 Å². The van der Waals surface area contributed by atoms with Crippen LogP contribution in [0.3, 0.4) is 0 Å². The van der Waals surface area contributed by atoms with Gasteiger partial charge >= 0.3 is 0 Å². The second kappa shape index (κ2) is 5.47. The maximum absolute atomic E-state index is 6.19. The molecule has 1 nitrogen and oxygen atoms in total. The highest BCUT2D eigenvalue weighted by Crippen LogP contribution is 2.28. The molecule has 0 radical (unpaired) electrons. The van der Waals surface area contributed by atoms with E-state index in [0.29, 0.717) is 5.92 Å². The molecular formula is C11H15BrIN. The maximum atomic E-state index is 6.19. The van der Waals surface area contributed by atoms with Crippen molar-refractivity contribution in [3.05, 3.63) is 31.8 Å². The van der Waals surface area contributed by atoms with E-state index < -0.39 is 0 Å². The van der Waals surface area contributed by atoms with Crippen LogP contribution in [0.2, 0.25) is 0 Å². The van der Waals surface area contributed by atoms with Gasteiger partial charge in [-0.15, -0.1) is 0 Å². The standard InChI is InChI=1S/C11H15BrIN/c1-3-7(2)11(14)9-6-8(12)4-5-10(9)13/h4-7,11H,3,14H2,1-2H3. The highest BCUT2D eigenvalue weighted by atomic mass is 127. The molecule has 0 saturated heterocycles. The number of rotatable bonds is 3. The highest BCUT2D eigenvalue weighted by molar-refractivity contribution is 14.1. The summed E-state index contributed by atoms with van der Waals surface area (Å²) in [4.78, 5) is 0. The minimum absolute atomic E-state index is 0.143. The van der Waals surface area contributed by atoms with Gasteiger partial charge in [-0.05, 0) is 52.3 Å². The molecule has 1 aromatic rings. The minimum atomic E-state index is 0.143. The van der Waals surface area contributed by atoms with Crippen molar-refractivity contribution in [2.75, 3.05) is 0 Å². The fourth-order valence-electron chi connectivity index (χ4n) is 1.33. The van der Waals surface area contributed by atoms with E-state index in [2.05, 4.69) is 70.6 Å². The average molecular weight is 368 g/mol. The molecule has 2 atom stereocenters. The lowest BCUT2D eigenvalue weighted by Gasteiger charge is -2.20. The lowest BCUT2D eigenvalue weighted by Crippen LogP contribution is -2.19. The van der Waals surface area contributed by atoms with E-state index in [1.54, 1.807) is 0 Å². The van der Waals surface area contributed by atoms with Gasteiger partial charge in [0.1, 0.15) is 0 Å². The first-order chi connectivity index (χ1) is 6.56. The molecule has 2 N–H and O–H groups in total. The largest absolute Gasteiger partial charge is 0.324 e. The zero-order valence-corrected chi connectivity index (χ0v) is 12.2. The molecular weight excluding hydrogens is 353 g/mol. The molecule has 78 valence electrons. The van der Waals surface area contributed by atoms with Crippen LogP contribution in [0.15, 0.2) is 22.7 Å². The monoisotopic (exact) mass is 367 g/mol. The average Bonchev–Trinajstić information content (AvgIpc) is 2.19. The zero-order valence-electron chi connectivity index (χ0n) is 8.43. The molecule has 0 aliphatic heterocycles. The van der Waals surface area contributed by atoms with Crippen LogP contribution in [-0.4, -0.2) is 0 Å². The van der Waals surface area contributed by atoms with E-state index >= 15 is 0 Å². The van der Waals surface area contributed by atoms with Gasteiger partial charge in [-0.3, -0.25) is 0 Å². The number of hydrogen-bond acceptors (Lipinski definition) is 1. The molecule has 0 heterocycles. The van der Waals surface area contributed by atoms with Crippen LogP contribution in [-0.2, 0) is 0 Å². The normalized spacial score (nSPS) is 15.2. The molecule has 2 unspecified atom stereocenters. The number of benzene rings is 1. The van der Waals surface area contributed by atoms with Gasteiger partial charge in [-0.1, -0.05) is 36.2 Å². The van der Waals surface area contributed by atoms with Crippen molar-refractivity contribution >= 4 is 38.5 Å². The van der Waals surface area contributed by atoms with Crippen LogP contribution in [0, 0.1) is 9.49 Å². The number of halogens is 2. The number of nitrogens with two attached hydrogens (primary N) is 1. The lowest BCUT2D eigenvalue weighted by molar-refractivity contribution is 0.455. The third-order valence-corrected chi connectivity index (χ3v) is 4.05. The van der Waals surface area contributed by atoms with Gasteiger partial charge in [-0.2, -0.15) is 0 Å². The van der Waals surface area contributed by atoms with Gasteiger partial charge in [0.15, 0.2) is 0 Å². The smallest absolute Gasteiger partial charge is 0.0331 e. The van der Waals surface area contributed by atoms with E-state index in [1.165, 1.54) is 9.13 Å². The molecule has 0 aliphatic carbocycles. The predicted octanol–water partition coefficient (Wildman–Crippen LogP) is 4.10. The summed E-state index contributed by atoms with van der Waals surface area (Å²) >= 11 is 5.82. The molecule has 0 saturated carbocycles. The summed E-state index contributed by atoms with van der Waals surface area (Å²) in [6, 6.07) is 6.42. The van der Waals surface area contributed by atoms with Crippen LogP contribution in [0.25, 0.3) is 0 Å². The van der Waals surface area contributed by atoms with Crippen molar-refractivity contribution in [2.24, 2.45) is 11.7 Å². The zero-order chi connectivity index (χ0) is 10.7. The van der Waals surface area contributed by atoms with E-state index in [4.69, 9.17) is 5.73 Å². The second-order valence-corrected chi connectivity index (χ2v) is 5.66. The molecule has 1 rings (SSSR count). The fourth-order valence-corrected chi connectivity index (χ4v) is 2.40. The quantitative estimate of drug-likeness (QED) is 0.799. The molecule has 0 amide bonds. The maximum Gasteiger partial charge on any atom is 0.0331 e. The molecule has 0 bridgehead atoms. The second-order valence-electron chi connectivity index (χ2n) is 3.58. The Labute approximate surface area is 108 Å². The highest BCUT2D eigenvalue weighted by Gasteiger charge is 2.15. The van der Waals surface area contributed by atoms with Crippen LogP contribution >= 0.6 is 38.5 Å². The Morgan fingerprint density at radius 1 is 1.50 bits per heavy atom. The summed E-state index contributed by atoms with van der Waals surface area (Å²) in [5.41, 5.74) is 7.44. The molecule has 14 heavy (non-hydrogen) atoms. The summed E-state index contributed by atoms with van der Waals surface area (Å²) < 4.78 is 2.35. The topological polar surface area (TPSA) is 26.0 Å². The Balaban J connectivity index is 2.99. The Hall–Kier alpha value is 0.390. The molecule has 0 aliphatic rings. The third-order valence-electron chi connectivity index (χ3n) is 2.57. The Kier molecular flexibility index (Phi) is 4.87. The van der Waals surface area contributed by atoms with Gasteiger partial charge in [0.25, 0.3) is 0 Å². The SMILES string of the molecule is CCC(C)C(N)c1cc(Br)ccc1I. The fraction of sp³-hybridized carbons (Fsp3) is 0.455. The summed E-state index contributed by atoms with van der Waals surface area (Å²) in [5, 5.41) is 0. The molecule has 0 spiro atoms. The van der Waals surface area contributed by atoms with Crippen molar-refractivity contribution in [1.82, 2.24) is 0 Å². The third kappa shape index (κ3) is 2.94. The summed E-state index contributed by atoms with van der Waals surface area (Å²) in [5.74, 6) is 0.526. The van der Waals surface area contributed by atoms with Crippen molar-refractivity contribution < 1.29 is 0 Å². The first-order valence-electron chi connectivity index (χ1n) is 4.76. The van der Waals surface area contributed by atoms with E-state index in [1.807, 2.05) is 0 Å². The van der Waals surface area contributed by atoms with E-state index in [9.17, 15) is 0 Å². The molecule has 1 aromatic carbocycles. The Morgan fingerprint density at radius 2 is 2.14 bits per heavy atom. The van der Waals surface area contributed by atoms with Crippen molar-refractivity contribution in [2.45, 2.75) is 26.3 Å². The van der Waals surface area contributed by atoms with Crippen LogP contribution in [0.5, 0.6) is 0 Å². The molecule has 0 aromatic heterocycles. The van der Waals surface area contributed by atoms with Gasteiger partial charge in [0, 0.05) is 14.1 Å². The predicted molar refractivity (Wildman–Crippen MR) is 73.2 cm³/mol. The summed E-state index contributed by atoms with van der Waals surface area (Å²) in [7, 11) is 0. The Bertz CT molecular complexity index is 314. The molecule has 0 fully saturated rings. The minimum Gasteiger partial charge on any atom is -0.324 e.